The van der Waals surface area contributed by atoms with Gasteiger partial charge >= 0.3 is 6.09 Å². The van der Waals surface area contributed by atoms with Crippen molar-refractivity contribution in [3.63, 3.8) is 0 Å². The molecule has 1 amide bonds. The van der Waals surface area contributed by atoms with E-state index in [9.17, 15) is 4.79 Å². The van der Waals surface area contributed by atoms with Crippen LogP contribution < -0.4 is 10.2 Å². The van der Waals surface area contributed by atoms with E-state index in [1.165, 1.54) is 5.56 Å². The Balaban J connectivity index is 1.92. The average Bonchev–Trinajstić information content (AvgIpc) is 2.70. The lowest BCUT2D eigenvalue weighted by Crippen LogP contribution is -2.48. The molecule has 1 aromatic carbocycles. The third-order valence-corrected chi connectivity index (χ3v) is 6.60. The monoisotopic (exact) mass is 483 g/mol. The van der Waals surface area contributed by atoms with E-state index in [-0.39, 0.29) is 11.5 Å². The summed E-state index contributed by atoms with van der Waals surface area (Å²) in [5.41, 5.74) is 3.47. The maximum Gasteiger partial charge on any atom is 0.412 e. The van der Waals surface area contributed by atoms with E-state index in [4.69, 9.17) is 14.1 Å². The topological polar surface area (TPSA) is 63.7 Å². The van der Waals surface area contributed by atoms with Gasteiger partial charge < -0.3 is 14.1 Å². The van der Waals surface area contributed by atoms with Gasteiger partial charge in [-0.3, -0.25) is 10.3 Å². The van der Waals surface area contributed by atoms with Crippen molar-refractivity contribution < 1.29 is 14.0 Å². The summed E-state index contributed by atoms with van der Waals surface area (Å²) in [6, 6.07) is 12.5. The van der Waals surface area contributed by atoms with Gasteiger partial charge in [-0.25, -0.2) is 4.79 Å². The quantitative estimate of drug-likeness (QED) is 0.509. The number of hydrogen-bond donors (Lipinski definition) is 1. The van der Waals surface area contributed by atoms with Crippen LogP contribution >= 0.6 is 0 Å². The molecule has 186 valence electrons. The molecule has 0 bridgehead atoms. The fraction of sp³-hybridized carbons (Fsp3) is 0.556. The highest BCUT2D eigenvalue weighted by Crippen LogP contribution is 2.38. The third kappa shape index (κ3) is 7.31. The minimum Gasteiger partial charge on any atom is -0.444 e. The third-order valence-electron chi connectivity index (χ3n) is 5.76. The van der Waals surface area contributed by atoms with Gasteiger partial charge in [0.15, 0.2) is 9.04 Å². The molecule has 2 aromatic rings. The van der Waals surface area contributed by atoms with Gasteiger partial charge in [-0.05, 0) is 57.3 Å². The molecule has 0 spiro atoms. The van der Waals surface area contributed by atoms with Gasteiger partial charge in [-0.2, -0.15) is 0 Å². The Labute approximate surface area is 206 Å². The number of hydrogen-bond acceptors (Lipinski definition) is 5. The van der Waals surface area contributed by atoms with Crippen LogP contribution in [0.15, 0.2) is 42.6 Å². The summed E-state index contributed by atoms with van der Waals surface area (Å²) in [5, 5.41) is 2.85. The lowest BCUT2D eigenvalue weighted by Gasteiger charge is -2.44. The lowest BCUT2D eigenvalue weighted by atomic mass is 9.77. The fourth-order valence-electron chi connectivity index (χ4n) is 4.57. The number of amides is 1. The Morgan fingerprint density at radius 3 is 2.44 bits per heavy atom. The maximum atomic E-state index is 12.3. The standard InChI is InChI=1S/C27H41N3O3Si/c1-26(2,3)24(33-34(7)8)20-14-22-23(30(18-20)17-19-12-10-9-11-13-19)15-21(16-28-22)29-25(31)32-27(4,5)6/h9-13,15-16,20,24,34H,14,17-18H2,1-8H3,(H,29,31). The number of carbonyl (C=O) groups is 1. The van der Waals surface area contributed by atoms with E-state index in [1.807, 2.05) is 32.9 Å². The molecule has 7 heteroatoms. The summed E-state index contributed by atoms with van der Waals surface area (Å²) in [6.07, 6.45) is 2.28. The summed E-state index contributed by atoms with van der Waals surface area (Å²) < 4.78 is 12.0. The second kappa shape index (κ2) is 10.5. The van der Waals surface area contributed by atoms with E-state index in [0.29, 0.717) is 11.6 Å². The number of aromatic nitrogens is 1. The molecule has 1 N–H and O–H groups in total. The van der Waals surface area contributed by atoms with Gasteiger partial charge in [0, 0.05) is 19.0 Å². The summed E-state index contributed by atoms with van der Waals surface area (Å²) in [5.74, 6) is 0.336. The minimum absolute atomic E-state index is 0.0378. The Morgan fingerprint density at radius 2 is 1.85 bits per heavy atom. The molecule has 0 aliphatic carbocycles. The largest absolute Gasteiger partial charge is 0.444 e. The molecular weight excluding hydrogens is 442 g/mol. The van der Waals surface area contributed by atoms with Gasteiger partial charge in [-0.1, -0.05) is 51.1 Å². The SMILES string of the molecule is C[SiH](C)OC(C1Cc2ncc(NC(=O)OC(C)(C)C)cc2N(Cc2ccccc2)C1)C(C)(C)C. The molecule has 2 heterocycles. The van der Waals surface area contributed by atoms with E-state index >= 15 is 0 Å². The van der Waals surface area contributed by atoms with E-state index in [0.717, 1.165) is 30.9 Å². The van der Waals surface area contributed by atoms with Crippen molar-refractivity contribution in [1.29, 1.82) is 0 Å². The Kier molecular flexibility index (Phi) is 8.09. The highest BCUT2D eigenvalue weighted by Gasteiger charge is 2.38. The number of fused-ring (bicyclic) bond motifs is 1. The lowest BCUT2D eigenvalue weighted by molar-refractivity contribution is 0.0330. The zero-order valence-electron chi connectivity index (χ0n) is 22.0. The van der Waals surface area contributed by atoms with Gasteiger partial charge in [0.1, 0.15) is 5.60 Å². The van der Waals surface area contributed by atoms with E-state index in [2.05, 4.69) is 68.3 Å². The summed E-state index contributed by atoms with van der Waals surface area (Å²) in [6.45, 7) is 18.5. The molecule has 1 aliphatic rings. The molecule has 0 fully saturated rings. The predicted molar refractivity (Wildman–Crippen MR) is 142 cm³/mol. The molecule has 34 heavy (non-hydrogen) atoms. The summed E-state index contributed by atoms with van der Waals surface area (Å²) in [4.78, 5) is 19.5. The van der Waals surface area contributed by atoms with Crippen molar-refractivity contribution in [3.05, 3.63) is 53.9 Å². The van der Waals surface area contributed by atoms with Crippen LogP contribution in [-0.4, -0.2) is 38.4 Å². The zero-order chi connectivity index (χ0) is 25.1. The number of benzene rings is 1. The first-order chi connectivity index (χ1) is 15.8. The molecule has 2 unspecified atom stereocenters. The molecular formula is C27H41N3O3Si. The number of carbonyl (C=O) groups excluding carboxylic acids is 1. The van der Waals surface area contributed by atoms with Crippen molar-refractivity contribution in [2.75, 3.05) is 16.8 Å². The molecule has 1 aliphatic heterocycles. The number of anilines is 2. The molecule has 0 radical (unpaired) electrons. The van der Waals surface area contributed by atoms with Crippen LogP contribution in [0.2, 0.25) is 13.1 Å². The molecule has 0 saturated heterocycles. The van der Waals surface area contributed by atoms with Crippen molar-refractivity contribution in [2.24, 2.45) is 11.3 Å². The first-order valence-electron chi connectivity index (χ1n) is 12.2. The number of nitrogens with one attached hydrogen (secondary N) is 1. The van der Waals surface area contributed by atoms with Gasteiger partial charge in [0.2, 0.25) is 0 Å². The number of nitrogens with zero attached hydrogens (tertiary/aromatic N) is 2. The van der Waals surface area contributed by atoms with Crippen LogP contribution in [-0.2, 0) is 22.1 Å². The van der Waals surface area contributed by atoms with E-state index < -0.39 is 20.7 Å². The normalized spacial score (nSPS) is 17.3. The Hall–Kier alpha value is -2.38. The highest BCUT2D eigenvalue weighted by atomic mass is 28.3. The second-order valence-electron chi connectivity index (χ2n) is 11.6. The van der Waals surface area contributed by atoms with Crippen LogP contribution in [0.3, 0.4) is 0 Å². The van der Waals surface area contributed by atoms with Crippen LogP contribution in [0.25, 0.3) is 0 Å². The van der Waals surface area contributed by atoms with Gasteiger partial charge in [0.25, 0.3) is 0 Å². The number of pyridine rings is 1. The molecule has 6 nitrogen and oxygen atoms in total. The first-order valence-corrected chi connectivity index (χ1v) is 15.0. The first kappa shape index (κ1) is 26.2. The molecule has 2 atom stereocenters. The number of ether oxygens (including phenoxy) is 1. The average molecular weight is 484 g/mol. The van der Waals surface area contributed by atoms with Gasteiger partial charge in [0.05, 0.1) is 29.4 Å². The summed E-state index contributed by atoms with van der Waals surface area (Å²) in [7, 11) is -1.22. The summed E-state index contributed by atoms with van der Waals surface area (Å²) >= 11 is 0. The van der Waals surface area contributed by atoms with Gasteiger partial charge in [-0.15, -0.1) is 0 Å². The minimum atomic E-state index is -1.22. The van der Waals surface area contributed by atoms with Crippen molar-refractivity contribution in [1.82, 2.24) is 4.98 Å². The van der Waals surface area contributed by atoms with Crippen molar-refractivity contribution in [2.45, 2.75) is 79.3 Å². The van der Waals surface area contributed by atoms with E-state index in [1.54, 1.807) is 6.20 Å². The van der Waals surface area contributed by atoms with Crippen molar-refractivity contribution >= 4 is 26.5 Å². The Bertz CT molecular complexity index is 967. The second-order valence-corrected chi connectivity index (χ2v) is 14.0. The predicted octanol–water partition coefficient (Wildman–Crippen LogP) is 6.02. The fourth-order valence-corrected chi connectivity index (χ4v) is 5.79. The highest BCUT2D eigenvalue weighted by molar-refractivity contribution is 6.48. The maximum absolute atomic E-state index is 12.3. The number of rotatable bonds is 6. The van der Waals surface area contributed by atoms with Crippen molar-refractivity contribution in [3.8, 4) is 0 Å². The van der Waals surface area contributed by atoms with Crippen LogP contribution in [0.5, 0.6) is 0 Å². The molecule has 1 aromatic heterocycles. The molecule has 0 saturated carbocycles. The van der Waals surface area contributed by atoms with Crippen LogP contribution in [0.1, 0.15) is 52.8 Å². The molecule has 3 rings (SSSR count). The zero-order valence-corrected chi connectivity index (χ0v) is 23.2. The van der Waals surface area contributed by atoms with Crippen LogP contribution in [0, 0.1) is 11.3 Å². The smallest absolute Gasteiger partial charge is 0.412 e. The van der Waals surface area contributed by atoms with Crippen LogP contribution in [0.4, 0.5) is 16.2 Å². The Morgan fingerprint density at radius 1 is 1.18 bits per heavy atom.